The Morgan fingerprint density at radius 1 is 1.16 bits per heavy atom. The Kier molecular flexibility index (Phi) is 3.94. The van der Waals surface area contributed by atoms with Gasteiger partial charge in [-0.1, -0.05) is 6.07 Å². The number of benzene rings is 2. The van der Waals surface area contributed by atoms with Crippen LogP contribution in [-0.4, -0.2) is 0 Å². The van der Waals surface area contributed by atoms with E-state index < -0.39 is 11.6 Å². The quantitative estimate of drug-likeness (QED) is 0.586. The van der Waals surface area contributed by atoms with Gasteiger partial charge in [-0.2, -0.15) is 4.39 Å². The van der Waals surface area contributed by atoms with Crippen molar-refractivity contribution in [3.8, 4) is 11.5 Å². The highest BCUT2D eigenvalue weighted by Crippen LogP contribution is 2.28. The monoisotopic (exact) mass is 265 g/mol. The van der Waals surface area contributed by atoms with Crippen LogP contribution in [0, 0.1) is 11.6 Å². The second-order valence-electron chi connectivity index (χ2n) is 3.82. The minimum atomic E-state index is -1.03. The summed E-state index contributed by atoms with van der Waals surface area (Å²) in [4.78, 5) is 0. The molecule has 0 heterocycles. The number of anilines is 1. The van der Waals surface area contributed by atoms with Crippen molar-refractivity contribution in [2.24, 2.45) is 11.6 Å². The van der Waals surface area contributed by atoms with Crippen LogP contribution in [0.5, 0.6) is 11.5 Å². The first-order valence-corrected chi connectivity index (χ1v) is 5.57. The van der Waals surface area contributed by atoms with Crippen LogP contribution in [-0.2, 0) is 6.54 Å². The van der Waals surface area contributed by atoms with Gasteiger partial charge in [-0.05, 0) is 35.9 Å². The molecule has 0 bridgehead atoms. The molecule has 0 aromatic heterocycles. The summed E-state index contributed by atoms with van der Waals surface area (Å²) in [6.07, 6.45) is 0. The van der Waals surface area contributed by atoms with Gasteiger partial charge in [0.25, 0.3) is 0 Å². The van der Waals surface area contributed by atoms with Gasteiger partial charge in [0.1, 0.15) is 5.75 Å². The summed E-state index contributed by atoms with van der Waals surface area (Å²) < 4.78 is 31.8. The van der Waals surface area contributed by atoms with Gasteiger partial charge in [-0.25, -0.2) is 4.39 Å². The third-order valence-corrected chi connectivity index (χ3v) is 2.60. The van der Waals surface area contributed by atoms with Gasteiger partial charge in [0, 0.05) is 6.54 Å². The van der Waals surface area contributed by atoms with E-state index in [9.17, 15) is 8.78 Å². The molecular formula is C13H13F2N3O. The maximum atomic E-state index is 13.5. The maximum absolute atomic E-state index is 13.5. The van der Waals surface area contributed by atoms with Gasteiger partial charge in [0.05, 0.1) is 5.69 Å². The Hall–Kier alpha value is -2.18. The smallest absolute Gasteiger partial charge is 0.201 e. The highest BCUT2D eigenvalue weighted by molar-refractivity contribution is 5.54. The molecule has 0 aliphatic rings. The van der Waals surface area contributed by atoms with E-state index in [1.807, 2.05) is 0 Å². The summed E-state index contributed by atoms with van der Waals surface area (Å²) in [5, 5.41) is 0. The molecule has 0 radical (unpaired) electrons. The largest absolute Gasteiger partial charge is 0.454 e. The van der Waals surface area contributed by atoms with Crippen LogP contribution in [0.2, 0.25) is 0 Å². The van der Waals surface area contributed by atoms with Gasteiger partial charge in [0.15, 0.2) is 11.6 Å². The van der Waals surface area contributed by atoms with Crippen LogP contribution in [0.3, 0.4) is 0 Å². The summed E-state index contributed by atoms with van der Waals surface area (Å²) >= 11 is 0. The number of rotatable bonds is 4. The van der Waals surface area contributed by atoms with Crippen molar-refractivity contribution >= 4 is 5.69 Å². The van der Waals surface area contributed by atoms with Crippen molar-refractivity contribution in [2.75, 3.05) is 5.43 Å². The van der Waals surface area contributed by atoms with E-state index in [2.05, 4.69) is 5.43 Å². The molecule has 2 aromatic rings. The molecule has 0 saturated carbocycles. The molecule has 0 saturated heterocycles. The number of halogens is 2. The summed E-state index contributed by atoms with van der Waals surface area (Å²) in [5.41, 5.74) is 9.40. The van der Waals surface area contributed by atoms with E-state index in [-0.39, 0.29) is 12.3 Å². The number of nitrogens with one attached hydrogen (secondary N) is 1. The Morgan fingerprint density at radius 3 is 2.63 bits per heavy atom. The summed E-state index contributed by atoms with van der Waals surface area (Å²) in [6, 6.07) is 8.57. The second-order valence-corrected chi connectivity index (χ2v) is 3.82. The van der Waals surface area contributed by atoms with Crippen LogP contribution < -0.4 is 21.7 Å². The second kappa shape index (κ2) is 5.64. The predicted molar refractivity (Wildman–Crippen MR) is 68.6 cm³/mol. The van der Waals surface area contributed by atoms with E-state index in [1.54, 1.807) is 18.2 Å². The van der Waals surface area contributed by atoms with Crippen LogP contribution >= 0.6 is 0 Å². The van der Waals surface area contributed by atoms with Crippen molar-refractivity contribution in [1.82, 2.24) is 0 Å². The summed E-state index contributed by atoms with van der Waals surface area (Å²) in [5.74, 6) is 3.49. The molecule has 2 aromatic carbocycles. The fraction of sp³-hybridized carbons (Fsp3) is 0.0769. The SMILES string of the molecule is NCc1cc(Oc2cccc(F)c2F)ccc1NN. The highest BCUT2D eigenvalue weighted by atomic mass is 19.2. The zero-order valence-electron chi connectivity index (χ0n) is 9.99. The Bertz CT molecular complexity index is 590. The molecule has 5 N–H and O–H groups in total. The van der Waals surface area contributed by atoms with Crippen molar-refractivity contribution in [3.05, 3.63) is 53.6 Å². The van der Waals surface area contributed by atoms with Gasteiger partial charge in [-0.3, -0.25) is 5.84 Å². The Morgan fingerprint density at radius 2 is 1.95 bits per heavy atom. The molecule has 0 unspecified atom stereocenters. The molecule has 2 rings (SSSR count). The Labute approximate surface area is 108 Å². The van der Waals surface area contributed by atoms with Crippen molar-refractivity contribution in [2.45, 2.75) is 6.54 Å². The normalized spacial score (nSPS) is 10.3. The third-order valence-electron chi connectivity index (χ3n) is 2.60. The number of hydrogen-bond acceptors (Lipinski definition) is 4. The fourth-order valence-electron chi connectivity index (χ4n) is 1.63. The topological polar surface area (TPSA) is 73.3 Å². The van der Waals surface area contributed by atoms with Crippen molar-refractivity contribution < 1.29 is 13.5 Å². The van der Waals surface area contributed by atoms with Gasteiger partial charge in [0.2, 0.25) is 5.82 Å². The molecule has 4 nitrogen and oxygen atoms in total. The average Bonchev–Trinajstić information content (AvgIpc) is 2.43. The first-order valence-electron chi connectivity index (χ1n) is 5.57. The molecule has 100 valence electrons. The molecule has 0 amide bonds. The fourth-order valence-corrected chi connectivity index (χ4v) is 1.63. The number of nitrogen functional groups attached to an aromatic ring is 1. The lowest BCUT2D eigenvalue weighted by Gasteiger charge is -2.11. The van der Waals surface area contributed by atoms with Crippen molar-refractivity contribution in [1.29, 1.82) is 0 Å². The van der Waals surface area contributed by atoms with E-state index in [4.69, 9.17) is 16.3 Å². The van der Waals surface area contributed by atoms with Crippen LogP contribution in [0.4, 0.5) is 14.5 Å². The van der Waals surface area contributed by atoms with Gasteiger partial charge < -0.3 is 15.9 Å². The molecule has 0 aliphatic carbocycles. The average molecular weight is 265 g/mol. The maximum Gasteiger partial charge on any atom is 0.201 e. The molecule has 0 atom stereocenters. The number of ether oxygens (including phenoxy) is 1. The van der Waals surface area contributed by atoms with Gasteiger partial charge in [-0.15, -0.1) is 0 Å². The van der Waals surface area contributed by atoms with E-state index >= 15 is 0 Å². The Balaban J connectivity index is 2.31. The molecule has 0 aliphatic heterocycles. The lowest BCUT2D eigenvalue weighted by molar-refractivity contribution is 0.416. The number of nitrogens with two attached hydrogens (primary N) is 2. The predicted octanol–water partition coefficient (Wildman–Crippen LogP) is 2.50. The zero-order valence-corrected chi connectivity index (χ0v) is 9.99. The minimum Gasteiger partial charge on any atom is -0.454 e. The first-order chi connectivity index (χ1) is 9.15. The summed E-state index contributed by atoms with van der Waals surface area (Å²) in [6.45, 7) is 0.238. The number of hydrogen-bond donors (Lipinski definition) is 3. The first kappa shape index (κ1) is 13.3. The van der Waals surface area contributed by atoms with Crippen molar-refractivity contribution in [3.63, 3.8) is 0 Å². The third kappa shape index (κ3) is 2.81. The van der Waals surface area contributed by atoms with Gasteiger partial charge >= 0.3 is 0 Å². The molecular weight excluding hydrogens is 252 g/mol. The number of hydrazine groups is 1. The molecule has 19 heavy (non-hydrogen) atoms. The zero-order chi connectivity index (χ0) is 13.8. The van der Waals surface area contributed by atoms with Crippen LogP contribution in [0.25, 0.3) is 0 Å². The lowest BCUT2D eigenvalue weighted by Crippen LogP contribution is -2.11. The van der Waals surface area contributed by atoms with Crippen LogP contribution in [0.15, 0.2) is 36.4 Å². The van der Waals surface area contributed by atoms with Crippen LogP contribution in [0.1, 0.15) is 5.56 Å². The molecule has 0 fully saturated rings. The molecule has 0 spiro atoms. The lowest BCUT2D eigenvalue weighted by atomic mass is 10.1. The van der Waals surface area contributed by atoms with E-state index in [1.165, 1.54) is 12.1 Å². The minimum absolute atomic E-state index is 0.184. The van der Waals surface area contributed by atoms with E-state index in [0.717, 1.165) is 6.07 Å². The standard InChI is InChI=1S/C13H13F2N3O/c14-10-2-1-3-12(13(10)15)19-9-4-5-11(18-17)8(6-9)7-16/h1-6,18H,7,16-17H2. The van der Waals surface area contributed by atoms with E-state index in [0.29, 0.717) is 17.0 Å². The molecule has 6 heteroatoms. The highest BCUT2D eigenvalue weighted by Gasteiger charge is 2.10. The summed E-state index contributed by atoms with van der Waals surface area (Å²) in [7, 11) is 0.